The van der Waals surface area contributed by atoms with Gasteiger partial charge in [-0.15, -0.1) is 5.01 Å². The largest absolute Gasteiger partial charge is 0.569 e. The molecule has 0 heterocycles. The minimum atomic E-state index is -0.810. The van der Waals surface area contributed by atoms with E-state index in [4.69, 9.17) is 9.94 Å². The average Bonchev–Trinajstić information content (AvgIpc) is 2.74. The van der Waals surface area contributed by atoms with E-state index in [1.54, 1.807) is 0 Å². The minimum absolute atomic E-state index is 0.281. The molecule has 1 rings (SSSR count). The Morgan fingerprint density at radius 3 is 2.58 bits per heavy atom. The van der Waals surface area contributed by atoms with E-state index in [1.807, 2.05) is 27.7 Å². The maximum Gasteiger partial charge on any atom is 0.306 e. The van der Waals surface area contributed by atoms with Gasteiger partial charge in [0, 0.05) is 6.42 Å². The Balaban J connectivity index is 2.55. The normalized spacial score (nSPS) is 24.3. The van der Waals surface area contributed by atoms with Gasteiger partial charge >= 0.3 is 5.97 Å². The van der Waals surface area contributed by atoms with E-state index in [2.05, 4.69) is 5.28 Å². The van der Waals surface area contributed by atoms with Crippen molar-refractivity contribution in [3.05, 3.63) is 5.21 Å². The fraction of sp³-hybridized carbons (Fsp3) is 0.917. The number of hydrazine groups is 1. The predicted octanol–water partition coefficient (Wildman–Crippen LogP) is 2.17. The van der Waals surface area contributed by atoms with Gasteiger partial charge in [-0.05, 0) is 40.5 Å². The van der Waals surface area contributed by atoms with Crippen molar-refractivity contribution in [3.63, 3.8) is 0 Å². The molecular weight excluding hydrogens is 250 g/mol. The highest BCUT2D eigenvalue weighted by Crippen LogP contribution is 2.28. The van der Waals surface area contributed by atoms with Crippen molar-refractivity contribution >= 4 is 5.97 Å². The summed E-state index contributed by atoms with van der Waals surface area (Å²) in [7, 11) is 0. The van der Waals surface area contributed by atoms with E-state index in [0.29, 0.717) is 30.8 Å². The third-order valence-electron chi connectivity index (χ3n) is 3.28. The Bertz CT molecular complexity index is 351. The SMILES string of the molecule is CCN(/[N+]([O-])=N\O[C@@H]1CC[C@@H](C(=O)O)C1)C(C)(C)C. The number of hydrogen-bond donors (Lipinski definition) is 1. The number of carbonyl (C=O) groups is 1. The highest BCUT2D eigenvalue weighted by molar-refractivity contribution is 5.70. The lowest BCUT2D eigenvalue weighted by molar-refractivity contribution is -0.725. The van der Waals surface area contributed by atoms with E-state index in [-0.39, 0.29) is 17.6 Å². The molecule has 0 spiro atoms. The molecule has 0 radical (unpaired) electrons. The van der Waals surface area contributed by atoms with Crippen LogP contribution in [0.25, 0.3) is 0 Å². The molecule has 7 heteroatoms. The maximum atomic E-state index is 11.8. The molecule has 110 valence electrons. The summed E-state index contributed by atoms with van der Waals surface area (Å²) in [5.74, 6) is -1.19. The highest BCUT2D eigenvalue weighted by Gasteiger charge is 2.32. The van der Waals surface area contributed by atoms with Gasteiger partial charge in [0.25, 0.3) is 0 Å². The topological polar surface area (TPSA) is 88.2 Å². The Hall–Kier alpha value is -1.53. The second-order valence-electron chi connectivity index (χ2n) is 5.80. The van der Waals surface area contributed by atoms with E-state index in [0.717, 1.165) is 0 Å². The van der Waals surface area contributed by atoms with Crippen LogP contribution >= 0.6 is 0 Å². The zero-order valence-corrected chi connectivity index (χ0v) is 12.0. The monoisotopic (exact) mass is 273 g/mol. The van der Waals surface area contributed by atoms with Crippen molar-refractivity contribution in [1.82, 2.24) is 5.01 Å². The third-order valence-corrected chi connectivity index (χ3v) is 3.28. The van der Waals surface area contributed by atoms with Crippen molar-refractivity contribution in [3.8, 4) is 0 Å². The molecule has 0 aromatic rings. The first-order valence-corrected chi connectivity index (χ1v) is 6.60. The van der Waals surface area contributed by atoms with E-state index < -0.39 is 5.97 Å². The average molecular weight is 273 g/mol. The molecule has 1 N–H and O–H groups in total. The van der Waals surface area contributed by atoms with Gasteiger partial charge < -0.3 is 15.2 Å². The molecule has 0 saturated heterocycles. The van der Waals surface area contributed by atoms with Crippen molar-refractivity contribution in [2.24, 2.45) is 11.2 Å². The van der Waals surface area contributed by atoms with Crippen LogP contribution < -0.4 is 0 Å². The van der Waals surface area contributed by atoms with Gasteiger partial charge in [-0.3, -0.25) is 4.79 Å². The summed E-state index contributed by atoms with van der Waals surface area (Å²) < 4.78 is 0. The molecule has 0 bridgehead atoms. The summed E-state index contributed by atoms with van der Waals surface area (Å²) in [6.45, 7) is 8.11. The summed E-state index contributed by atoms with van der Waals surface area (Å²) in [5, 5.41) is 25.8. The smallest absolute Gasteiger partial charge is 0.306 e. The van der Waals surface area contributed by atoms with Gasteiger partial charge in [0.15, 0.2) is 0 Å². The molecule has 0 amide bonds. The summed E-state index contributed by atoms with van der Waals surface area (Å²) >= 11 is 0. The molecule has 7 nitrogen and oxygen atoms in total. The van der Waals surface area contributed by atoms with E-state index in [1.165, 1.54) is 5.01 Å². The fourth-order valence-electron chi connectivity index (χ4n) is 2.26. The lowest BCUT2D eigenvalue weighted by atomic mass is 10.1. The Morgan fingerprint density at radius 1 is 1.53 bits per heavy atom. The summed E-state index contributed by atoms with van der Waals surface area (Å²) in [6.07, 6.45) is 1.33. The molecule has 0 aromatic heterocycles. The summed E-state index contributed by atoms with van der Waals surface area (Å²) in [4.78, 5) is 16.4. The van der Waals surface area contributed by atoms with E-state index >= 15 is 0 Å². The molecule has 2 atom stereocenters. The minimum Gasteiger partial charge on any atom is -0.569 e. The van der Waals surface area contributed by atoms with Gasteiger partial charge in [0.2, 0.25) is 5.28 Å². The van der Waals surface area contributed by atoms with Gasteiger partial charge in [0.1, 0.15) is 6.10 Å². The van der Waals surface area contributed by atoms with Crippen LogP contribution in [0.2, 0.25) is 0 Å². The first-order chi connectivity index (χ1) is 8.75. The van der Waals surface area contributed by atoms with Gasteiger partial charge in [-0.1, -0.05) is 0 Å². The molecule has 0 aromatic carbocycles. The van der Waals surface area contributed by atoms with Crippen LogP contribution in [0.3, 0.4) is 0 Å². The molecule has 1 fully saturated rings. The number of aliphatic carboxylic acids is 1. The van der Waals surface area contributed by atoms with Crippen LogP contribution in [0.4, 0.5) is 0 Å². The summed E-state index contributed by atoms with van der Waals surface area (Å²) in [6, 6.07) is 0. The first-order valence-electron chi connectivity index (χ1n) is 6.60. The number of hydrogen-bond acceptors (Lipinski definition) is 4. The Kier molecular flexibility index (Phi) is 4.97. The molecular formula is C12H23N3O4. The number of carboxylic acid groups (broad SMARTS) is 1. The van der Waals surface area contributed by atoms with Crippen LogP contribution in [-0.2, 0) is 9.63 Å². The second-order valence-corrected chi connectivity index (χ2v) is 5.80. The fourth-order valence-corrected chi connectivity index (χ4v) is 2.26. The summed E-state index contributed by atoms with van der Waals surface area (Å²) in [5.41, 5.74) is -0.345. The molecule has 19 heavy (non-hydrogen) atoms. The zero-order chi connectivity index (χ0) is 14.6. The number of rotatable bonds is 5. The maximum absolute atomic E-state index is 11.8. The second kappa shape index (κ2) is 6.08. The lowest BCUT2D eigenvalue weighted by Gasteiger charge is -2.29. The number of carboxylic acids is 1. The van der Waals surface area contributed by atoms with Crippen molar-refractivity contribution in [1.29, 1.82) is 0 Å². The van der Waals surface area contributed by atoms with Crippen molar-refractivity contribution in [2.75, 3.05) is 6.54 Å². The standard InChI is InChI=1S/C12H23N3O4/c1-5-14(12(2,3)4)15(18)13-19-10-7-6-9(8-10)11(16)17/h9-10H,5-8H2,1-4H3,(H,16,17)/b15-13+/t9-,10-/m1/s1. The Morgan fingerprint density at radius 2 is 2.16 bits per heavy atom. The van der Waals surface area contributed by atoms with Crippen LogP contribution in [0.5, 0.6) is 0 Å². The predicted molar refractivity (Wildman–Crippen MR) is 68.0 cm³/mol. The van der Waals surface area contributed by atoms with Gasteiger partial charge in [-0.25, -0.2) is 0 Å². The molecule has 1 aliphatic carbocycles. The van der Waals surface area contributed by atoms with E-state index in [9.17, 15) is 10.0 Å². The number of nitrogens with zero attached hydrogens (tertiary/aromatic N) is 3. The third kappa shape index (κ3) is 4.25. The van der Waals surface area contributed by atoms with Gasteiger partial charge in [-0.2, -0.15) is 0 Å². The van der Waals surface area contributed by atoms with Crippen LogP contribution in [-0.4, -0.2) is 39.2 Å². The Labute approximate surface area is 113 Å². The molecule has 0 aliphatic heterocycles. The molecule has 0 unspecified atom stereocenters. The highest BCUT2D eigenvalue weighted by atomic mass is 16.7. The quantitative estimate of drug-likeness (QED) is 0.471. The van der Waals surface area contributed by atoms with Crippen LogP contribution in [0.15, 0.2) is 5.28 Å². The zero-order valence-electron chi connectivity index (χ0n) is 12.0. The van der Waals surface area contributed by atoms with Gasteiger partial charge in [0.05, 0.1) is 23.0 Å². The van der Waals surface area contributed by atoms with Crippen molar-refractivity contribution < 1.29 is 19.7 Å². The lowest BCUT2D eigenvalue weighted by Crippen LogP contribution is -2.45. The van der Waals surface area contributed by atoms with Crippen LogP contribution in [0.1, 0.15) is 47.0 Å². The molecule has 1 saturated carbocycles. The first kappa shape index (κ1) is 15.5. The van der Waals surface area contributed by atoms with Crippen molar-refractivity contribution in [2.45, 2.75) is 58.6 Å². The molecule has 1 aliphatic rings. The van der Waals surface area contributed by atoms with Crippen LogP contribution in [0, 0.1) is 11.1 Å².